The molecule has 1 saturated heterocycles. The molecular weight excluding hydrogens is 354 g/mol. The van der Waals surface area contributed by atoms with Crippen molar-refractivity contribution in [2.45, 2.75) is 12.5 Å². The normalized spacial score (nSPS) is 17.3. The molecule has 1 N–H and O–H groups in total. The van der Waals surface area contributed by atoms with Crippen LogP contribution in [0.15, 0.2) is 48.5 Å². The summed E-state index contributed by atoms with van der Waals surface area (Å²) >= 11 is 0. The molecule has 6 nitrogen and oxygen atoms in total. The van der Waals surface area contributed by atoms with Gasteiger partial charge in [-0.2, -0.15) is 0 Å². The molecule has 0 spiro atoms. The highest BCUT2D eigenvalue weighted by Crippen LogP contribution is 2.30. The lowest BCUT2D eigenvalue weighted by molar-refractivity contribution is -0.384. The second-order valence-corrected chi connectivity index (χ2v) is 6.17. The summed E-state index contributed by atoms with van der Waals surface area (Å²) in [5.74, 6) is 0.913. The van der Waals surface area contributed by atoms with Crippen LogP contribution in [0.4, 0.5) is 5.69 Å². The molecule has 0 aromatic heterocycles. The number of nitro groups is 1. The van der Waals surface area contributed by atoms with Crippen LogP contribution in [-0.4, -0.2) is 43.1 Å². The summed E-state index contributed by atoms with van der Waals surface area (Å²) in [6, 6.07) is 15.3. The third-order valence-electron chi connectivity index (χ3n) is 4.69. The predicted molar refractivity (Wildman–Crippen MR) is 104 cm³/mol. The van der Waals surface area contributed by atoms with Gasteiger partial charge in [0.15, 0.2) is 0 Å². The smallest absolute Gasteiger partial charge is 0.269 e. The van der Waals surface area contributed by atoms with Crippen molar-refractivity contribution in [3.8, 4) is 5.75 Å². The fraction of sp³-hybridized carbons (Fsp3) is 0.368. The van der Waals surface area contributed by atoms with Crippen LogP contribution in [0.25, 0.3) is 0 Å². The van der Waals surface area contributed by atoms with Crippen molar-refractivity contribution in [2.75, 3.05) is 33.3 Å². The first-order valence-corrected chi connectivity index (χ1v) is 8.50. The third-order valence-corrected chi connectivity index (χ3v) is 4.69. The van der Waals surface area contributed by atoms with E-state index in [2.05, 4.69) is 16.3 Å². The molecule has 0 saturated carbocycles. The van der Waals surface area contributed by atoms with E-state index < -0.39 is 0 Å². The number of methoxy groups -OCH3 is 1. The van der Waals surface area contributed by atoms with Crippen LogP contribution >= 0.6 is 12.4 Å². The summed E-state index contributed by atoms with van der Waals surface area (Å²) in [7, 11) is 1.70. The maximum absolute atomic E-state index is 10.8. The SMILES string of the molecule is COc1ccccc1C1CNCCN1CCc1ccc([N+](=O)[O-])cc1.Cl. The molecule has 1 atom stereocenters. The van der Waals surface area contributed by atoms with Gasteiger partial charge in [0.2, 0.25) is 0 Å². The molecule has 2 aromatic rings. The van der Waals surface area contributed by atoms with Gasteiger partial charge in [-0.25, -0.2) is 0 Å². The number of rotatable bonds is 6. The number of hydrogen-bond donors (Lipinski definition) is 1. The van der Waals surface area contributed by atoms with E-state index in [1.54, 1.807) is 19.2 Å². The largest absolute Gasteiger partial charge is 0.496 e. The monoisotopic (exact) mass is 377 g/mol. The zero-order valence-electron chi connectivity index (χ0n) is 14.8. The van der Waals surface area contributed by atoms with Crippen molar-refractivity contribution in [3.63, 3.8) is 0 Å². The standard InChI is InChI=1S/C19H23N3O3.ClH/c1-25-19-5-3-2-4-17(19)18-14-20-11-13-21(18)12-10-15-6-8-16(9-7-15)22(23)24;/h2-9,18,20H,10-14H2,1H3;1H. The van der Waals surface area contributed by atoms with Crippen molar-refractivity contribution < 1.29 is 9.66 Å². The zero-order chi connectivity index (χ0) is 17.6. The third kappa shape index (κ3) is 4.72. The molecular formula is C19H24ClN3O3. The van der Waals surface area contributed by atoms with Crippen molar-refractivity contribution in [1.29, 1.82) is 0 Å². The van der Waals surface area contributed by atoms with Crippen LogP contribution in [0, 0.1) is 10.1 Å². The highest BCUT2D eigenvalue weighted by atomic mass is 35.5. The van der Waals surface area contributed by atoms with E-state index in [0.717, 1.165) is 43.9 Å². The summed E-state index contributed by atoms with van der Waals surface area (Å²) in [4.78, 5) is 12.8. The van der Waals surface area contributed by atoms with Gasteiger partial charge in [0.25, 0.3) is 5.69 Å². The Morgan fingerprint density at radius 1 is 1.23 bits per heavy atom. The van der Waals surface area contributed by atoms with E-state index in [-0.39, 0.29) is 29.1 Å². The quantitative estimate of drug-likeness (QED) is 0.618. The van der Waals surface area contributed by atoms with Crippen LogP contribution in [0.2, 0.25) is 0 Å². The Hall–Kier alpha value is -2.15. The van der Waals surface area contributed by atoms with Crippen LogP contribution in [0.3, 0.4) is 0 Å². The molecule has 1 aliphatic rings. The Morgan fingerprint density at radius 3 is 2.65 bits per heavy atom. The molecule has 1 unspecified atom stereocenters. The molecule has 26 heavy (non-hydrogen) atoms. The van der Waals surface area contributed by atoms with Gasteiger partial charge in [-0.1, -0.05) is 30.3 Å². The van der Waals surface area contributed by atoms with E-state index in [1.807, 2.05) is 30.3 Å². The van der Waals surface area contributed by atoms with Crippen molar-refractivity contribution >= 4 is 18.1 Å². The van der Waals surface area contributed by atoms with Crippen LogP contribution in [0.5, 0.6) is 5.75 Å². The maximum Gasteiger partial charge on any atom is 0.269 e. The topological polar surface area (TPSA) is 67.6 Å². The molecule has 1 aliphatic heterocycles. The average molecular weight is 378 g/mol. The molecule has 0 radical (unpaired) electrons. The lowest BCUT2D eigenvalue weighted by Crippen LogP contribution is -2.46. The van der Waals surface area contributed by atoms with E-state index in [0.29, 0.717) is 0 Å². The maximum atomic E-state index is 10.8. The van der Waals surface area contributed by atoms with Gasteiger partial charge < -0.3 is 10.1 Å². The summed E-state index contributed by atoms with van der Waals surface area (Å²) in [6.45, 7) is 3.73. The molecule has 7 heteroatoms. The Bertz CT molecular complexity index is 724. The van der Waals surface area contributed by atoms with Crippen LogP contribution < -0.4 is 10.1 Å². The number of benzene rings is 2. The first-order valence-electron chi connectivity index (χ1n) is 8.50. The number of piperazine rings is 1. The van der Waals surface area contributed by atoms with E-state index >= 15 is 0 Å². The second kappa shape index (κ2) is 9.52. The number of hydrogen-bond acceptors (Lipinski definition) is 5. The van der Waals surface area contributed by atoms with Gasteiger partial charge in [-0.15, -0.1) is 12.4 Å². The highest BCUT2D eigenvalue weighted by molar-refractivity contribution is 5.85. The number of non-ortho nitro benzene ring substituents is 1. The van der Waals surface area contributed by atoms with Gasteiger partial charge in [0, 0.05) is 43.9 Å². The van der Waals surface area contributed by atoms with Crippen molar-refractivity contribution in [1.82, 2.24) is 10.2 Å². The number of ether oxygens (including phenoxy) is 1. The number of nitrogens with one attached hydrogen (secondary N) is 1. The number of halogens is 1. The average Bonchev–Trinajstić information content (AvgIpc) is 2.67. The fourth-order valence-electron chi connectivity index (χ4n) is 3.32. The van der Waals surface area contributed by atoms with Crippen LogP contribution in [-0.2, 0) is 6.42 Å². The lowest BCUT2D eigenvalue weighted by atomic mass is 10.0. The lowest BCUT2D eigenvalue weighted by Gasteiger charge is -2.37. The minimum Gasteiger partial charge on any atom is -0.496 e. The van der Waals surface area contributed by atoms with E-state index in [9.17, 15) is 10.1 Å². The Balaban J connectivity index is 0.00000243. The number of nitrogens with zero attached hydrogens (tertiary/aromatic N) is 2. The highest BCUT2D eigenvalue weighted by Gasteiger charge is 2.25. The fourth-order valence-corrected chi connectivity index (χ4v) is 3.32. The minimum atomic E-state index is -0.363. The molecule has 140 valence electrons. The molecule has 2 aromatic carbocycles. The number of nitro benzene ring substituents is 1. The first kappa shape index (κ1) is 20.2. The van der Waals surface area contributed by atoms with E-state index in [4.69, 9.17) is 4.74 Å². The van der Waals surface area contributed by atoms with Gasteiger partial charge in [-0.05, 0) is 18.1 Å². The number of para-hydroxylation sites is 1. The molecule has 1 fully saturated rings. The molecule has 0 amide bonds. The van der Waals surface area contributed by atoms with Gasteiger partial charge in [0.1, 0.15) is 5.75 Å². The van der Waals surface area contributed by atoms with Gasteiger partial charge >= 0.3 is 0 Å². The Morgan fingerprint density at radius 2 is 1.96 bits per heavy atom. The van der Waals surface area contributed by atoms with Crippen molar-refractivity contribution in [3.05, 3.63) is 69.8 Å². The minimum absolute atomic E-state index is 0. The molecule has 0 aliphatic carbocycles. The van der Waals surface area contributed by atoms with Gasteiger partial charge in [0.05, 0.1) is 18.1 Å². The predicted octanol–water partition coefficient (Wildman–Crippen LogP) is 3.21. The molecule has 0 bridgehead atoms. The Kier molecular flexibility index (Phi) is 7.38. The summed E-state index contributed by atoms with van der Waals surface area (Å²) in [5, 5.41) is 14.2. The van der Waals surface area contributed by atoms with Gasteiger partial charge in [-0.3, -0.25) is 15.0 Å². The zero-order valence-corrected chi connectivity index (χ0v) is 15.6. The van der Waals surface area contributed by atoms with Crippen LogP contribution in [0.1, 0.15) is 17.2 Å². The molecule has 1 heterocycles. The summed E-state index contributed by atoms with van der Waals surface area (Å²) < 4.78 is 5.53. The summed E-state index contributed by atoms with van der Waals surface area (Å²) in [5.41, 5.74) is 2.45. The summed E-state index contributed by atoms with van der Waals surface area (Å²) in [6.07, 6.45) is 0.865. The Labute approximate surface area is 159 Å². The van der Waals surface area contributed by atoms with Crippen molar-refractivity contribution in [2.24, 2.45) is 0 Å². The second-order valence-electron chi connectivity index (χ2n) is 6.17. The molecule has 3 rings (SSSR count). The first-order chi connectivity index (χ1) is 12.2. The van der Waals surface area contributed by atoms with E-state index in [1.165, 1.54) is 5.56 Å².